The topological polar surface area (TPSA) is 64.6 Å². The van der Waals surface area contributed by atoms with E-state index in [1.54, 1.807) is 0 Å². The van der Waals surface area contributed by atoms with Gasteiger partial charge in [-0.15, -0.1) is 0 Å². The minimum absolute atomic E-state index is 0.0941. The van der Waals surface area contributed by atoms with E-state index in [0.717, 1.165) is 32.5 Å². The van der Waals surface area contributed by atoms with Crippen molar-refractivity contribution in [3.8, 4) is 0 Å². The first kappa shape index (κ1) is 15.2. The number of nitrogens with one attached hydrogen (secondary N) is 2. The smallest absolute Gasteiger partial charge is 0.315 e. The second kappa shape index (κ2) is 8.32. The Kier molecular flexibility index (Phi) is 7.05. The fourth-order valence-corrected chi connectivity index (χ4v) is 2.50. The van der Waals surface area contributed by atoms with Gasteiger partial charge in [-0.2, -0.15) is 0 Å². The predicted octanol–water partition coefficient (Wildman–Crippen LogP) is 0.931. The van der Waals surface area contributed by atoms with Crippen LogP contribution in [0.3, 0.4) is 0 Å². The summed E-state index contributed by atoms with van der Waals surface area (Å²) in [7, 11) is 0. The van der Waals surface area contributed by atoms with Gasteiger partial charge in [-0.25, -0.2) is 4.79 Å². The molecule has 5 heteroatoms. The quantitative estimate of drug-likeness (QED) is 0.636. The molecule has 1 saturated heterocycles. The molecule has 0 spiro atoms. The van der Waals surface area contributed by atoms with Gasteiger partial charge in [0.1, 0.15) is 0 Å². The van der Waals surface area contributed by atoms with Gasteiger partial charge in [-0.05, 0) is 45.7 Å². The summed E-state index contributed by atoms with van der Waals surface area (Å²) < 4.78 is 0. The SMILES string of the molecule is CCN1CCCC1CNC(=O)NC(C)CCCO. The van der Waals surface area contributed by atoms with E-state index < -0.39 is 0 Å². The number of likely N-dealkylation sites (tertiary alicyclic amines) is 1. The van der Waals surface area contributed by atoms with Gasteiger partial charge in [-0.1, -0.05) is 6.92 Å². The molecule has 0 aliphatic carbocycles. The molecule has 0 radical (unpaired) electrons. The number of carbonyl (C=O) groups excluding carboxylic acids is 1. The number of nitrogens with zero attached hydrogens (tertiary/aromatic N) is 1. The average Bonchev–Trinajstić information content (AvgIpc) is 2.81. The number of aliphatic hydroxyl groups excluding tert-OH is 1. The summed E-state index contributed by atoms with van der Waals surface area (Å²) in [5.74, 6) is 0. The molecule has 1 fully saturated rings. The van der Waals surface area contributed by atoms with E-state index in [0.29, 0.717) is 6.04 Å². The molecule has 0 aromatic heterocycles. The maximum Gasteiger partial charge on any atom is 0.315 e. The van der Waals surface area contributed by atoms with Gasteiger partial charge in [0, 0.05) is 25.2 Å². The molecule has 1 aliphatic rings. The Labute approximate surface area is 110 Å². The summed E-state index contributed by atoms with van der Waals surface area (Å²) in [6.45, 7) is 7.24. The predicted molar refractivity (Wildman–Crippen MR) is 72.6 cm³/mol. The number of rotatable bonds is 7. The molecular weight excluding hydrogens is 230 g/mol. The third kappa shape index (κ3) is 5.23. The number of likely N-dealkylation sites (N-methyl/N-ethyl adjacent to an activating group) is 1. The average molecular weight is 257 g/mol. The molecule has 2 unspecified atom stereocenters. The van der Waals surface area contributed by atoms with Crippen molar-refractivity contribution < 1.29 is 9.90 Å². The third-order valence-corrected chi connectivity index (χ3v) is 3.58. The van der Waals surface area contributed by atoms with E-state index >= 15 is 0 Å². The summed E-state index contributed by atoms with van der Waals surface area (Å²) in [4.78, 5) is 14.1. The normalized spacial score (nSPS) is 21.8. The van der Waals surface area contributed by atoms with E-state index in [1.165, 1.54) is 12.8 Å². The van der Waals surface area contributed by atoms with Crippen LogP contribution in [0.25, 0.3) is 0 Å². The van der Waals surface area contributed by atoms with Crippen LogP contribution in [0.4, 0.5) is 4.79 Å². The van der Waals surface area contributed by atoms with Crippen LogP contribution in [-0.4, -0.2) is 54.4 Å². The number of hydrogen-bond acceptors (Lipinski definition) is 3. The molecule has 0 bridgehead atoms. The molecule has 106 valence electrons. The number of amides is 2. The van der Waals surface area contributed by atoms with Crippen molar-refractivity contribution in [1.82, 2.24) is 15.5 Å². The molecule has 0 saturated carbocycles. The van der Waals surface area contributed by atoms with Crippen molar-refractivity contribution in [2.45, 2.75) is 51.6 Å². The van der Waals surface area contributed by atoms with Crippen LogP contribution in [-0.2, 0) is 0 Å². The molecule has 18 heavy (non-hydrogen) atoms. The van der Waals surface area contributed by atoms with Crippen LogP contribution in [0, 0.1) is 0 Å². The summed E-state index contributed by atoms with van der Waals surface area (Å²) in [6.07, 6.45) is 3.95. The zero-order chi connectivity index (χ0) is 13.4. The second-order valence-electron chi connectivity index (χ2n) is 5.05. The summed E-state index contributed by atoms with van der Waals surface area (Å²) >= 11 is 0. The Morgan fingerprint density at radius 2 is 2.33 bits per heavy atom. The zero-order valence-electron chi connectivity index (χ0n) is 11.6. The standard InChI is InChI=1S/C13H27N3O2/c1-3-16-8-4-7-12(16)10-14-13(18)15-11(2)6-5-9-17/h11-12,17H,3-10H2,1-2H3,(H2,14,15,18). The maximum absolute atomic E-state index is 11.7. The highest BCUT2D eigenvalue weighted by molar-refractivity contribution is 5.74. The van der Waals surface area contributed by atoms with Crippen LogP contribution in [0.1, 0.15) is 39.5 Å². The minimum Gasteiger partial charge on any atom is -0.396 e. The van der Waals surface area contributed by atoms with Gasteiger partial charge in [0.25, 0.3) is 0 Å². The van der Waals surface area contributed by atoms with Gasteiger partial charge < -0.3 is 15.7 Å². The Morgan fingerprint density at radius 1 is 1.56 bits per heavy atom. The van der Waals surface area contributed by atoms with Crippen molar-refractivity contribution in [2.24, 2.45) is 0 Å². The summed E-state index contributed by atoms with van der Waals surface area (Å²) in [6, 6.07) is 0.514. The minimum atomic E-state index is -0.0941. The molecule has 2 atom stereocenters. The number of urea groups is 1. The highest BCUT2D eigenvalue weighted by atomic mass is 16.3. The summed E-state index contributed by atoms with van der Waals surface area (Å²) in [5, 5.41) is 14.6. The lowest BCUT2D eigenvalue weighted by atomic mass is 10.2. The molecule has 1 aliphatic heterocycles. The van der Waals surface area contributed by atoms with Gasteiger partial charge in [0.05, 0.1) is 0 Å². The molecule has 0 aromatic rings. The second-order valence-corrected chi connectivity index (χ2v) is 5.05. The van der Waals surface area contributed by atoms with E-state index in [9.17, 15) is 4.79 Å². The first-order chi connectivity index (χ1) is 8.67. The number of hydrogen-bond donors (Lipinski definition) is 3. The largest absolute Gasteiger partial charge is 0.396 e. The lowest BCUT2D eigenvalue weighted by molar-refractivity contribution is 0.224. The molecule has 1 rings (SSSR count). The fourth-order valence-electron chi connectivity index (χ4n) is 2.50. The van der Waals surface area contributed by atoms with Crippen LogP contribution in [0.5, 0.6) is 0 Å². The van der Waals surface area contributed by atoms with Crippen molar-refractivity contribution in [3.63, 3.8) is 0 Å². The van der Waals surface area contributed by atoms with Crippen molar-refractivity contribution in [2.75, 3.05) is 26.2 Å². The van der Waals surface area contributed by atoms with E-state index in [1.807, 2.05) is 6.92 Å². The number of carbonyl (C=O) groups is 1. The Bertz CT molecular complexity index is 248. The van der Waals surface area contributed by atoms with Crippen LogP contribution in [0.2, 0.25) is 0 Å². The first-order valence-electron chi connectivity index (χ1n) is 7.06. The van der Waals surface area contributed by atoms with E-state index in [-0.39, 0.29) is 18.7 Å². The summed E-state index contributed by atoms with van der Waals surface area (Å²) in [5.41, 5.74) is 0. The van der Waals surface area contributed by atoms with Crippen molar-refractivity contribution in [1.29, 1.82) is 0 Å². The lowest BCUT2D eigenvalue weighted by Gasteiger charge is -2.23. The van der Waals surface area contributed by atoms with Gasteiger partial charge in [0.2, 0.25) is 0 Å². The van der Waals surface area contributed by atoms with Crippen molar-refractivity contribution >= 4 is 6.03 Å². The van der Waals surface area contributed by atoms with Crippen LogP contribution in [0.15, 0.2) is 0 Å². The van der Waals surface area contributed by atoms with Gasteiger partial charge in [0.15, 0.2) is 0 Å². The molecule has 5 nitrogen and oxygen atoms in total. The molecule has 0 aromatic carbocycles. The van der Waals surface area contributed by atoms with Gasteiger partial charge >= 0.3 is 6.03 Å². The van der Waals surface area contributed by atoms with Gasteiger partial charge in [-0.3, -0.25) is 4.90 Å². The fraction of sp³-hybridized carbons (Fsp3) is 0.923. The van der Waals surface area contributed by atoms with E-state index in [2.05, 4.69) is 22.5 Å². The Morgan fingerprint density at radius 3 is 3.00 bits per heavy atom. The van der Waals surface area contributed by atoms with Crippen molar-refractivity contribution in [3.05, 3.63) is 0 Å². The lowest BCUT2D eigenvalue weighted by Crippen LogP contribution is -2.46. The molecule has 2 amide bonds. The van der Waals surface area contributed by atoms with E-state index in [4.69, 9.17) is 5.11 Å². The third-order valence-electron chi connectivity index (χ3n) is 3.58. The Hall–Kier alpha value is -0.810. The molecular formula is C13H27N3O2. The maximum atomic E-state index is 11.7. The Balaban J connectivity index is 2.16. The highest BCUT2D eigenvalue weighted by Gasteiger charge is 2.23. The first-order valence-corrected chi connectivity index (χ1v) is 7.06. The number of aliphatic hydroxyl groups is 1. The molecule has 1 heterocycles. The molecule has 3 N–H and O–H groups in total. The van der Waals surface area contributed by atoms with Crippen LogP contribution >= 0.6 is 0 Å². The zero-order valence-corrected chi connectivity index (χ0v) is 11.6. The monoisotopic (exact) mass is 257 g/mol. The highest BCUT2D eigenvalue weighted by Crippen LogP contribution is 2.15. The van der Waals surface area contributed by atoms with Crippen LogP contribution < -0.4 is 10.6 Å².